The highest BCUT2D eigenvalue weighted by atomic mass is 32.1. The average Bonchev–Trinajstić information content (AvgIpc) is 3.37. The number of carbonyl (C=O) groups is 1. The van der Waals surface area contributed by atoms with Crippen LogP contribution in [0.25, 0.3) is 16.9 Å². The fourth-order valence-electron chi connectivity index (χ4n) is 3.04. The van der Waals surface area contributed by atoms with E-state index in [1.54, 1.807) is 23.3 Å². The fraction of sp³-hybridized carbons (Fsp3) is 0.150. The predicted octanol–water partition coefficient (Wildman–Crippen LogP) is 3.14. The smallest absolute Gasteiger partial charge is 0.255 e. The van der Waals surface area contributed by atoms with E-state index in [9.17, 15) is 4.79 Å². The molecule has 0 fully saturated rings. The van der Waals surface area contributed by atoms with Gasteiger partial charge in [0.2, 0.25) is 0 Å². The van der Waals surface area contributed by atoms with Gasteiger partial charge in [-0.2, -0.15) is 10.2 Å². The standard InChI is InChI=1S/C20H19N7OS/c1-2-26-17(23-24-20(26)29)12-22-19(28)16-13-27(15-8-4-3-5-9-15)25-18(16)14-7-6-10-21-11-14/h3-11,13H,2,12H2,1H3,(H,22,28)(H,24,29). The van der Waals surface area contributed by atoms with E-state index in [2.05, 4.69) is 25.6 Å². The molecule has 0 aliphatic carbocycles. The SMILES string of the molecule is CCn1c(CNC(=O)c2cn(-c3ccccc3)nc2-c2cccnc2)n[nH]c1=S. The third-order valence-electron chi connectivity index (χ3n) is 4.48. The van der Waals surface area contributed by atoms with E-state index in [1.807, 2.05) is 54.0 Å². The van der Waals surface area contributed by atoms with E-state index in [0.717, 1.165) is 11.3 Å². The Hall–Kier alpha value is -3.59. The van der Waals surface area contributed by atoms with Crippen LogP contribution in [-0.4, -0.2) is 35.4 Å². The summed E-state index contributed by atoms with van der Waals surface area (Å²) in [5, 5.41) is 14.5. The molecule has 29 heavy (non-hydrogen) atoms. The first kappa shape index (κ1) is 18.8. The Labute approximate surface area is 172 Å². The largest absolute Gasteiger partial charge is 0.345 e. The zero-order valence-corrected chi connectivity index (χ0v) is 16.6. The van der Waals surface area contributed by atoms with Crippen LogP contribution in [0.4, 0.5) is 0 Å². The molecule has 4 rings (SSSR count). The summed E-state index contributed by atoms with van der Waals surface area (Å²) in [6.45, 7) is 2.90. The van der Waals surface area contributed by atoms with Crippen LogP contribution >= 0.6 is 12.2 Å². The number of rotatable bonds is 6. The van der Waals surface area contributed by atoms with Crippen LogP contribution in [-0.2, 0) is 13.1 Å². The van der Waals surface area contributed by atoms with Crippen LogP contribution in [0.2, 0.25) is 0 Å². The van der Waals surface area contributed by atoms with Gasteiger partial charge in [0.1, 0.15) is 5.69 Å². The molecule has 146 valence electrons. The summed E-state index contributed by atoms with van der Waals surface area (Å²) in [5.74, 6) is 0.423. The quantitative estimate of drug-likeness (QED) is 0.481. The first-order valence-corrected chi connectivity index (χ1v) is 9.56. The Kier molecular flexibility index (Phi) is 5.30. The van der Waals surface area contributed by atoms with Crippen molar-refractivity contribution >= 4 is 18.1 Å². The first-order valence-electron chi connectivity index (χ1n) is 9.15. The Balaban J connectivity index is 1.67. The Morgan fingerprint density at radius 1 is 1.21 bits per heavy atom. The number of nitrogens with zero attached hydrogens (tertiary/aromatic N) is 5. The van der Waals surface area contributed by atoms with Gasteiger partial charge in [0.05, 0.1) is 17.8 Å². The topological polar surface area (TPSA) is 93.4 Å². The molecule has 0 aliphatic heterocycles. The van der Waals surface area contributed by atoms with E-state index >= 15 is 0 Å². The van der Waals surface area contributed by atoms with Crippen molar-refractivity contribution in [2.75, 3.05) is 0 Å². The molecule has 0 spiro atoms. The number of carbonyl (C=O) groups excluding carboxylic acids is 1. The lowest BCUT2D eigenvalue weighted by molar-refractivity contribution is 0.0950. The monoisotopic (exact) mass is 405 g/mol. The minimum atomic E-state index is -0.248. The summed E-state index contributed by atoms with van der Waals surface area (Å²) in [4.78, 5) is 17.2. The second-order valence-corrected chi connectivity index (χ2v) is 6.67. The molecule has 0 radical (unpaired) electrons. The Morgan fingerprint density at radius 2 is 2.03 bits per heavy atom. The fourth-order valence-corrected chi connectivity index (χ4v) is 3.32. The number of pyridine rings is 1. The molecule has 4 aromatic rings. The molecule has 0 bridgehead atoms. The van der Waals surface area contributed by atoms with E-state index in [0.29, 0.717) is 28.4 Å². The minimum Gasteiger partial charge on any atom is -0.345 e. The molecule has 3 aromatic heterocycles. The van der Waals surface area contributed by atoms with Crippen molar-refractivity contribution in [3.63, 3.8) is 0 Å². The Morgan fingerprint density at radius 3 is 2.76 bits per heavy atom. The molecule has 9 heteroatoms. The van der Waals surface area contributed by atoms with Crippen molar-refractivity contribution in [2.45, 2.75) is 20.0 Å². The number of aromatic nitrogens is 6. The number of hydrogen-bond donors (Lipinski definition) is 2. The minimum absolute atomic E-state index is 0.248. The van der Waals surface area contributed by atoms with Gasteiger partial charge in [-0.1, -0.05) is 18.2 Å². The second kappa shape index (κ2) is 8.19. The zero-order valence-electron chi connectivity index (χ0n) is 15.7. The molecule has 2 N–H and O–H groups in total. The van der Waals surface area contributed by atoms with Crippen LogP contribution in [0.15, 0.2) is 61.1 Å². The molecule has 0 atom stereocenters. The van der Waals surface area contributed by atoms with E-state index in [4.69, 9.17) is 12.2 Å². The summed E-state index contributed by atoms with van der Waals surface area (Å²) in [6.07, 6.45) is 5.10. The molecule has 0 unspecified atom stereocenters. The molecule has 1 aromatic carbocycles. The van der Waals surface area contributed by atoms with Gasteiger partial charge < -0.3 is 9.88 Å². The molecular weight excluding hydrogens is 386 g/mol. The lowest BCUT2D eigenvalue weighted by atomic mass is 10.1. The average molecular weight is 405 g/mol. The zero-order chi connectivity index (χ0) is 20.2. The molecule has 0 aliphatic rings. The van der Waals surface area contributed by atoms with Gasteiger partial charge in [0.15, 0.2) is 10.6 Å². The number of nitrogens with one attached hydrogen (secondary N) is 2. The highest BCUT2D eigenvalue weighted by Crippen LogP contribution is 2.23. The molecule has 8 nitrogen and oxygen atoms in total. The maximum atomic E-state index is 13.0. The van der Waals surface area contributed by atoms with Crippen LogP contribution in [0, 0.1) is 4.77 Å². The third-order valence-corrected chi connectivity index (χ3v) is 4.79. The normalized spacial score (nSPS) is 10.8. The van der Waals surface area contributed by atoms with Crippen molar-refractivity contribution in [1.82, 2.24) is 34.8 Å². The predicted molar refractivity (Wildman–Crippen MR) is 111 cm³/mol. The van der Waals surface area contributed by atoms with E-state index in [-0.39, 0.29) is 12.5 Å². The van der Waals surface area contributed by atoms with Gasteiger partial charge in [-0.05, 0) is 43.4 Å². The van der Waals surface area contributed by atoms with Crippen LogP contribution < -0.4 is 5.32 Å². The number of para-hydroxylation sites is 1. The molecule has 0 saturated heterocycles. The number of aromatic amines is 1. The lowest BCUT2D eigenvalue weighted by Gasteiger charge is -2.06. The maximum absolute atomic E-state index is 13.0. The van der Waals surface area contributed by atoms with Gasteiger partial charge in [-0.3, -0.25) is 14.9 Å². The van der Waals surface area contributed by atoms with Crippen molar-refractivity contribution in [3.05, 3.63) is 77.2 Å². The van der Waals surface area contributed by atoms with Crippen LogP contribution in [0.3, 0.4) is 0 Å². The van der Waals surface area contributed by atoms with Crippen LogP contribution in [0.1, 0.15) is 23.1 Å². The van der Waals surface area contributed by atoms with Gasteiger partial charge in [0.25, 0.3) is 5.91 Å². The van der Waals surface area contributed by atoms with Crippen molar-refractivity contribution < 1.29 is 4.79 Å². The number of hydrogen-bond acceptors (Lipinski definition) is 5. The molecule has 0 saturated carbocycles. The van der Waals surface area contributed by atoms with E-state index < -0.39 is 0 Å². The third kappa shape index (κ3) is 3.85. The highest BCUT2D eigenvalue weighted by molar-refractivity contribution is 7.71. The summed E-state index contributed by atoms with van der Waals surface area (Å²) in [5.41, 5.74) is 2.65. The first-order chi connectivity index (χ1) is 14.2. The molecule has 3 heterocycles. The maximum Gasteiger partial charge on any atom is 0.255 e. The highest BCUT2D eigenvalue weighted by Gasteiger charge is 2.19. The van der Waals surface area contributed by atoms with E-state index in [1.165, 1.54) is 0 Å². The number of amides is 1. The molecular formula is C20H19N7OS. The lowest BCUT2D eigenvalue weighted by Crippen LogP contribution is -2.25. The van der Waals surface area contributed by atoms with Gasteiger partial charge in [-0.25, -0.2) is 4.68 Å². The van der Waals surface area contributed by atoms with Crippen molar-refractivity contribution in [2.24, 2.45) is 0 Å². The van der Waals surface area contributed by atoms with Gasteiger partial charge in [0, 0.05) is 30.7 Å². The number of benzene rings is 1. The Bertz CT molecular complexity index is 1180. The summed E-state index contributed by atoms with van der Waals surface area (Å²) < 4.78 is 4.06. The second-order valence-electron chi connectivity index (χ2n) is 6.29. The number of H-pyrrole nitrogens is 1. The summed E-state index contributed by atoms with van der Waals surface area (Å²) in [7, 11) is 0. The summed E-state index contributed by atoms with van der Waals surface area (Å²) in [6, 6.07) is 13.3. The van der Waals surface area contributed by atoms with Gasteiger partial charge >= 0.3 is 0 Å². The van der Waals surface area contributed by atoms with Gasteiger partial charge in [-0.15, -0.1) is 0 Å². The summed E-state index contributed by atoms with van der Waals surface area (Å²) >= 11 is 5.20. The van der Waals surface area contributed by atoms with Crippen molar-refractivity contribution in [1.29, 1.82) is 0 Å². The molecule has 1 amide bonds. The van der Waals surface area contributed by atoms with Crippen LogP contribution in [0.5, 0.6) is 0 Å². The van der Waals surface area contributed by atoms with Crippen molar-refractivity contribution in [3.8, 4) is 16.9 Å².